The first-order valence-corrected chi connectivity index (χ1v) is 9.54. The highest BCUT2D eigenvalue weighted by atomic mass is 32.1. The molecule has 3 aromatic rings. The van der Waals surface area contributed by atoms with Gasteiger partial charge in [-0.2, -0.15) is 0 Å². The van der Waals surface area contributed by atoms with Crippen LogP contribution >= 0.6 is 12.2 Å². The summed E-state index contributed by atoms with van der Waals surface area (Å²) in [6.07, 6.45) is 1.01. The molecule has 0 atom stereocenters. The molecule has 10 heteroatoms. The molecule has 0 bridgehead atoms. The van der Waals surface area contributed by atoms with Crippen LogP contribution in [-0.4, -0.2) is 31.9 Å². The van der Waals surface area contributed by atoms with Gasteiger partial charge in [-0.15, -0.1) is 0 Å². The standard InChI is InChI=1S/C21H19N5O4S/c1-12-8-9-15(10-13(12)2)26-19(29)16(18(28)23-21(26)30)11-22-20(31)25-24-17(27)14-6-4-3-5-7-14/h3-11,29H,1-2H3,(H,24,27)(H,25,31)(H,23,28,30). The van der Waals surface area contributed by atoms with Crippen molar-refractivity contribution in [2.24, 2.45) is 4.99 Å². The van der Waals surface area contributed by atoms with Gasteiger partial charge in [0.25, 0.3) is 11.5 Å². The van der Waals surface area contributed by atoms with Crippen LogP contribution in [0.2, 0.25) is 0 Å². The Hall–Kier alpha value is -4.05. The number of thiocarbonyl (C=S) groups is 1. The van der Waals surface area contributed by atoms with Gasteiger partial charge in [0.05, 0.1) is 5.69 Å². The molecule has 1 heterocycles. The molecule has 0 aliphatic rings. The van der Waals surface area contributed by atoms with Crippen molar-refractivity contribution in [3.8, 4) is 11.6 Å². The SMILES string of the molecule is Cc1ccc(-n2c(O)c(C=NC(=S)NNC(=O)c3ccccc3)c(=O)[nH]c2=O)cc1C. The molecule has 9 nitrogen and oxygen atoms in total. The third-order valence-electron chi connectivity index (χ3n) is 4.50. The summed E-state index contributed by atoms with van der Waals surface area (Å²) in [6, 6.07) is 13.6. The van der Waals surface area contributed by atoms with E-state index in [1.54, 1.807) is 48.5 Å². The number of hydrogen-bond acceptors (Lipinski definition) is 5. The highest BCUT2D eigenvalue weighted by molar-refractivity contribution is 7.80. The van der Waals surface area contributed by atoms with Gasteiger partial charge < -0.3 is 5.11 Å². The van der Waals surface area contributed by atoms with Gasteiger partial charge in [-0.1, -0.05) is 24.3 Å². The number of H-pyrrole nitrogens is 1. The van der Waals surface area contributed by atoms with Crippen LogP contribution in [0.15, 0.2) is 63.1 Å². The smallest absolute Gasteiger partial charge is 0.335 e. The number of carbonyl (C=O) groups is 1. The number of carbonyl (C=O) groups excluding carboxylic acids is 1. The minimum Gasteiger partial charge on any atom is -0.493 e. The molecule has 0 aliphatic heterocycles. The molecular weight excluding hydrogens is 418 g/mol. The minimum atomic E-state index is -0.831. The van der Waals surface area contributed by atoms with Crippen molar-refractivity contribution in [3.63, 3.8) is 0 Å². The number of aromatic hydroxyl groups is 1. The van der Waals surface area contributed by atoms with Crippen molar-refractivity contribution in [1.29, 1.82) is 0 Å². The van der Waals surface area contributed by atoms with Gasteiger partial charge in [-0.25, -0.2) is 14.4 Å². The molecule has 0 aliphatic carbocycles. The lowest BCUT2D eigenvalue weighted by molar-refractivity contribution is 0.0944. The zero-order valence-electron chi connectivity index (χ0n) is 16.7. The predicted molar refractivity (Wildman–Crippen MR) is 121 cm³/mol. The van der Waals surface area contributed by atoms with Gasteiger partial charge in [0, 0.05) is 11.8 Å². The van der Waals surface area contributed by atoms with Crippen LogP contribution in [0.25, 0.3) is 5.69 Å². The fraction of sp³-hybridized carbons (Fsp3) is 0.0952. The maximum absolute atomic E-state index is 12.3. The molecule has 0 saturated heterocycles. The summed E-state index contributed by atoms with van der Waals surface area (Å²) in [7, 11) is 0. The fourth-order valence-electron chi connectivity index (χ4n) is 2.69. The average Bonchev–Trinajstić information content (AvgIpc) is 2.74. The second-order valence-corrected chi connectivity index (χ2v) is 7.00. The molecule has 31 heavy (non-hydrogen) atoms. The Morgan fingerprint density at radius 2 is 1.81 bits per heavy atom. The van der Waals surface area contributed by atoms with E-state index < -0.39 is 23.0 Å². The van der Waals surface area contributed by atoms with Crippen LogP contribution < -0.4 is 22.1 Å². The normalized spacial score (nSPS) is 10.8. The van der Waals surface area contributed by atoms with Crippen molar-refractivity contribution in [3.05, 3.63) is 91.6 Å². The van der Waals surface area contributed by atoms with Crippen LogP contribution in [0.5, 0.6) is 5.88 Å². The number of aromatic nitrogens is 2. The Morgan fingerprint density at radius 3 is 2.48 bits per heavy atom. The number of aliphatic imine (C=N–C) groups is 1. The first-order chi connectivity index (χ1) is 14.8. The van der Waals surface area contributed by atoms with Gasteiger partial charge in [0.15, 0.2) is 0 Å². The molecule has 0 saturated carbocycles. The van der Waals surface area contributed by atoms with Crippen LogP contribution in [0, 0.1) is 13.8 Å². The summed E-state index contributed by atoms with van der Waals surface area (Å²) < 4.78 is 0.961. The third-order valence-corrected chi connectivity index (χ3v) is 4.71. The van der Waals surface area contributed by atoms with E-state index in [1.165, 1.54) is 0 Å². The molecule has 0 spiro atoms. The van der Waals surface area contributed by atoms with E-state index in [2.05, 4.69) is 20.8 Å². The monoisotopic (exact) mass is 437 g/mol. The van der Waals surface area contributed by atoms with E-state index in [4.69, 9.17) is 12.2 Å². The maximum Gasteiger partial charge on any atom is 0.335 e. The van der Waals surface area contributed by atoms with Crippen LogP contribution in [-0.2, 0) is 0 Å². The van der Waals surface area contributed by atoms with Gasteiger partial charge >= 0.3 is 5.69 Å². The van der Waals surface area contributed by atoms with E-state index >= 15 is 0 Å². The minimum absolute atomic E-state index is 0.160. The number of aromatic amines is 1. The summed E-state index contributed by atoms with van der Waals surface area (Å²) in [5.41, 5.74) is 5.63. The lowest BCUT2D eigenvalue weighted by Crippen LogP contribution is -2.40. The van der Waals surface area contributed by atoms with Gasteiger partial charge in [-0.05, 0) is 61.5 Å². The molecular formula is C21H19N5O4S. The van der Waals surface area contributed by atoms with Crippen molar-refractivity contribution < 1.29 is 9.90 Å². The molecule has 0 radical (unpaired) electrons. The number of nitrogens with zero attached hydrogens (tertiary/aromatic N) is 2. The van der Waals surface area contributed by atoms with Crippen LogP contribution in [0.1, 0.15) is 27.0 Å². The summed E-state index contributed by atoms with van der Waals surface area (Å²) in [6.45, 7) is 3.78. The van der Waals surface area contributed by atoms with Crippen molar-refractivity contribution in [2.45, 2.75) is 13.8 Å². The summed E-state index contributed by atoms with van der Waals surface area (Å²) in [5.74, 6) is -1.01. The molecule has 4 N–H and O–H groups in total. The van der Waals surface area contributed by atoms with E-state index in [0.29, 0.717) is 11.3 Å². The molecule has 0 unspecified atom stereocenters. The molecule has 3 rings (SSSR count). The Labute approximate surface area is 182 Å². The van der Waals surface area contributed by atoms with E-state index in [9.17, 15) is 19.5 Å². The maximum atomic E-state index is 12.3. The quantitative estimate of drug-likeness (QED) is 0.279. The number of benzene rings is 2. The van der Waals surface area contributed by atoms with E-state index in [-0.39, 0.29) is 10.7 Å². The van der Waals surface area contributed by atoms with Crippen molar-refractivity contribution in [2.75, 3.05) is 0 Å². The Kier molecular flexibility index (Phi) is 6.41. The number of amides is 1. The first kappa shape index (κ1) is 21.7. The largest absolute Gasteiger partial charge is 0.493 e. The average molecular weight is 437 g/mol. The second-order valence-electron chi connectivity index (χ2n) is 6.61. The van der Waals surface area contributed by atoms with Gasteiger partial charge in [-0.3, -0.25) is 25.4 Å². The molecule has 158 valence electrons. The van der Waals surface area contributed by atoms with Crippen molar-refractivity contribution >= 4 is 29.5 Å². The summed E-state index contributed by atoms with van der Waals surface area (Å²) in [5, 5.41) is 10.4. The van der Waals surface area contributed by atoms with E-state index in [1.807, 2.05) is 13.8 Å². The van der Waals surface area contributed by atoms with Crippen LogP contribution in [0.4, 0.5) is 0 Å². The lowest BCUT2D eigenvalue weighted by atomic mass is 10.1. The Balaban J connectivity index is 1.82. The van der Waals surface area contributed by atoms with Gasteiger partial charge in [0.1, 0.15) is 5.56 Å². The highest BCUT2D eigenvalue weighted by Crippen LogP contribution is 2.18. The zero-order valence-corrected chi connectivity index (χ0v) is 17.5. The molecule has 1 aromatic heterocycles. The van der Waals surface area contributed by atoms with Crippen LogP contribution in [0.3, 0.4) is 0 Å². The predicted octanol–water partition coefficient (Wildman–Crippen LogP) is 1.49. The number of rotatable bonds is 3. The number of hydrazine groups is 1. The zero-order chi connectivity index (χ0) is 22.5. The third kappa shape index (κ3) is 4.93. The second kappa shape index (κ2) is 9.18. The first-order valence-electron chi connectivity index (χ1n) is 9.13. The number of hydrogen-bond donors (Lipinski definition) is 4. The summed E-state index contributed by atoms with van der Waals surface area (Å²) >= 11 is 5.01. The van der Waals surface area contributed by atoms with Gasteiger partial charge in [0.2, 0.25) is 11.0 Å². The summed E-state index contributed by atoms with van der Waals surface area (Å²) in [4.78, 5) is 42.5. The Bertz CT molecular complexity index is 1300. The molecule has 2 aromatic carbocycles. The molecule has 0 fully saturated rings. The number of aryl methyl sites for hydroxylation is 2. The highest BCUT2D eigenvalue weighted by Gasteiger charge is 2.15. The van der Waals surface area contributed by atoms with Crippen molar-refractivity contribution in [1.82, 2.24) is 20.4 Å². The van der Waals surface area contributed by atoms with E-state index in [0.717, 1.165) is 21.9 Å². The molecule has 1 amide bonds. The fourth-order valence-corrected chi connectivity index (χ4v) is 2.79. The lowest BCUT2D eigenvalue weighted by Gasteiger charge is -2.11. The topological polar surface area (TPSA) is 129 Å². The Morgan fingerprint density at radius 1 is 1.10 bits per heavy atom. The number of nitrogens with one attached hydrogen (secondary N) is 3.